The first-order chi connectivity index (χ1) is 9.60. The smallest absolute Gasteiger partial charge is 0.337 e. The number of halogens is 1. The molecule has 0 aromatic heterocycles. The van der Waals surface area contributed by atoms with E-state index in [0.717, 1.165) is 3.57 Å². The van der Waals surface area contributed by atoms with Crippen LogP contribution in [0.3, 0.4) is 0 Å². The van der Waals surface area contributed by atoms with Gasteiger partial charge in [-0.3, -0.25) is 4.79 Å². The number of amides is 1. The zero-order valence-electron chi connectivity index (χ0n) is 10.7. The maximum atomic E-state index is 12.0. The summed E-state index contributed by atoms with van der Waals surface area (Å²) in [6.07, 6.45) is 0. The van der Waals surface area contributed by atoms with Gasteiger partial charge in [0.05, 0.1) is 12.7 Å². The van der Waals surface area contributed by atoms with Gasteiger partial charge in [0, 0.05) is 14.8 Å². The van der Waals surface area contributed by atoms with Gasteiger partial charge in [0.25, 0.3) is 5.91 Å². The molecular formula is C15H12INO3. The summed E-state index contributed by atoms with van der Waals surface area (Å²) in [5, 5.41) is 2.75. The van der Waals surface area contributed by atoms with E-state index in [9.17, 15) is 9.59 Å². The third kappa shape index (κ3) is 3.57. The van der Waals surface area contributed by atoms with Crippen LogP contribution in [0, 0.1) is 3.57 Å². The Labute approximate surface area is 130 Å². The lowest BCUT2D eigenvalue weighted by molar-refractivity contribution is 0.0600. The van der Waals surface area contributed by atoms with E-state index in [0.29, 0.717) is 16.8 Å². The maximum absolute atomic E-state index is 12.0. The minimum Gasteiger partial charge on any atom is -0.465 e. The molecule has 0 spiro atoms. The summed E-state index contributed by atoms with van der Waals surface area (Å²) in [6.45, 7) is 0. The van der Waals surface area contributed by atoms with Crippen molar-refractivity contribution in [3.05, 3.63) is 63.2 Å². The molecule has 0 heterocycles. The molecule has 0 saturated heterocycles. The van der Waals surface area contributed by atoms with Gasteiger partial charge < -0.3 is 10.1 Å². The molecule has 2 rings (SSSR count). The molecular weight excluding hydrogens is 369 g/mol. The number of carbonyl (C=O) groups excluding carboxylic acids is 2. The van der Waals surface area contributed by atoms with E-state index in [1.807, 2.05) is 12.1 Å². The molecule has 0 unspecified atom stereocenters. The fourth-order valence-corrected chi connectivity index (χ4v) is 2.01. The summed E-state index contributed by atoms with van der Waals surface area (Å²) >= 11 is 2.18. The molecule has 4 nitrogen and oxygen atoms in total. The summed E-state index contributed by atoms with van der Waals surface area (Å²) in [6, 6.07) is 13.8. The minimum atomic E-state index is -0.435. The zero-order valence-corrected chi connectivity index (χ0v) is 12.9. The van der Waals surface area contributed by atoms with E-state index < -0.39 is 5.97 Å². The molecule has 2 aromatic rings. The maximum Gasteiger partial charge on any atom is 0.337 e. The van der Waals surface area contributed by atoms with Gasteiger partial charge in [0.2, 0.25) is 0 Å². The number of benzene rings is 2. The van der Waals surface area contributed by atoms with Gasteiger partial charge in [-0.25, -0.2) is 4.79 Å². The van der Waals surface area contributed by atoms with Crippen molar-refractivity contribution < 1.29 is 14.3 Å². The third-order valence-electron chi connectivity index (χ3n) is 2.65. The van der Waals surface area contributed by atoms with Gasteiger partial charge in [-0.15, -0.1) is 0 Å². The molecule has 0 atom stereocenters. The first kappa shape index (κ1) is 14.5. The largest absolute Gasteiger partial charge is 0.465 e. The second kappa shape index (κ2) is 6.51. The minimum absolute atomic E-state index is 0.219. The number of nitrogens with one attached hydrogen (secondary N) is 1. The van der Waals surface area contributed by atoms with Crippen molar-refractivity contribution in [2.75, 3.05) is 12.4 Å². The molecule has 0 aliphatic heterocycles. The molecule has 1 amide bonds. The topological polar surface area (TPSA) is 55.4 Å². The number of ether oxygens (including phenoxy) is 1. The molecule has 20 heavy (non-hydrogen) atoms. The number of methoxy groups -OCH3 is 1. The predicted octanol–water partition coefficient (Wildman–Crippen LogP) is 3.33. The summed E-state index contributed by atoms with van der Waals surface area (Å²) in [5.74, 6) is -0.654. The van der Waals surface area contributed by atoms with Crippen molar-refractivity contribution in [1.29, 1.82) is 0 Å². The number of anilines is 1. The monoisotopic (exact) mass is 381 g/mol. The van der Waals surface area contributed by atoms with E-state index in [-0.39, 0.29) is 5.91 Å². The standard InChI is InChI=1S/C15H12INO3/c1-20-15(19)11-3-2-4-13(9-11)17-14(18)10-5-7-12(16)8-6-10/h2-9H,1H3,(H,17,18). The van der Waals surface area contributed by atoms with Crippen molar-refractivity contribution in [2.24, 2.45) is 0 Å². The SMILES string of the molecule is COC(=O)c1cccc(NC(=O)c2ccc(I)cc2)c1. The molecule has 5 heteroatoms. The number of rotatable bonds is 3. The lowest BCUT2D eigenvalue weighted by Crippen LogP contribution is -2.12. The Hall–Kier alpha value is -1.89. The van der Waals surface area contributed by atoms with Crippen LogP contribution >= 0.6 is 22.6 Å². The van der Waals surface area contributed by atoms with Crippen molar-refractivity contribution >= 4 is 40.2 Å². The molecule has 0 aliphatic rings. The summed E-state index contributed by atoms with van der Waals surface area (Å²) in [5.41, 5.74) is 1.51. The Kier molecular flexibility index (Phi) is 4.73. The van der Waals surface area contributed by atoms with Gasteiger partial charge in [0.1, 0.15) is 0 Å². The molecule has 2 aromatic carbocycles. The van der Waals surface area contributed by atoms with Crippen LogP contribution in [0.15, 0.2) is 48.5 Å². The van der Waals surface area contributed by atoms with Crippen molar-refractivity contribution in [3.8, 4) is 0 Å². The molecule has 1 N–H and O–H groups in total. The normalized spacial score (nSPS) is 9.90. The van der Waals surface area contributed by atoms with Gasteiger partial charge in [0.15, 0.2) is 0 Å². The molecule has 102 valence electrons. The van der Waals surface area contributed by atoms with Gasteiger partial charge in [-0.05, 0) is 65.1 Å². The van der Waals surface area contributed by atoms with Crippen LogP contribution < -0.4 is 5.32 Å². The van der Waals surface area contributed by atoms with Crippen LogP contribution in [0.5, 0.6) is 0 Å². The lowest BCUT2D eigenvalue weighted by Gasteiger charge is -2.07. The predicted molar refractivity (Wildman–Crippen MR) is 84.9 cm³/mol. The highest BCUT2D eigenvalue weighted by atomic mass is 127. The van der Waals surface area contributed by atoms with E-state index in [1.165, 1.54) is 7.11 Å². The highest BCUT2D eigenvalue weighted by Crippen LogP contribution is 2.14. The second-order valence-corrected chi connectivity index (χ2v) is 5.28. The first-order valence-electron chi connectivity index (χ1n) is 5.85. The summed E-state index contributed by atoms with van der Waals surface area (Å²) in [7, 11) is 1.32. The Balaban J connectivity index is 2.15. The van der Waals surface area contributed by atoms with Crippen LogP contribution in [0.2, 0.25) is 0 Å². The number of carbonyl (C=O) groups is 2. The van der Waals surface area contributed by atoms with E-state index >= 15 is 0 Å². The summed E-state index contributed by atoms with van der Waals surface area (Å²) < 4.78 is 5.70. The molecule has 0 saturated carbocycles. The Bertz CT molecular complexity index is 638. The number of esters is 1. The van der Waals surface area contributed by atoms with Gasteiger partial charge in [-0.1, -0.05) is 6.07 Å². The number of hydrogen-bond donors (Lipinski definition) is 1. The Morgan fingerprint density at radius 3 is 2.40 bits per heavy atom. The second-order valence-electron chi connectivity index (χ2n) is 4.03. The summed E-state index contributed by atoms with van der Waals surface area (Å²) in [4.78, 5) is 23.5. The average molecular weight is 381 g/mol. The van der Waals surface area contributed by atoms with E-state index in [4.69, 9.17) is 0 Å². The van der Waals surface area contributed by atoms with Crippen LogP contribution in [-0.2, 0) is 4.74 Å². The lowest BCUT2D eigenvalue weighted by atomic mass is 10.2. The Morgan fingerprint density at radius 1 is 1.05 bits per heavy atom. The molecule has 0 bridgehead atoms. The third-order valence-corrected chi connectivity index (χ3v) is 3.37. The van der Waals surface area contributed by atoms with E-state index in [1.54, 1.807) is 36.4 Å². The van der Waals surface area contributed by atoms with Gasteiger partial charge in [-0.2, -0.15) is 0 Å². The van der Waals surface area contributed by atoms with Gasteiger partial charge >= 0.3 is 5.97 Å². The molecule has 0 aliphatic carbocycles. The fourth-order valence-electron chi connectivity index (χ4n) is 1.65. The van der Waals surface area contributed by atoms with Crippen molar-refractivity contribution in [3.63, 3.8) is 0 Å². The fraction of sp³-hybridized carbons (Fsp3) is 0.0667. The first-order valence-corrected chi connectivity index (χ1v) is 6.93. The molecule has 0 radical (unpaired) electrons. The Morgan fingerprint density at radius 2 is 1.75 bits per heavy atom. The van der Waals surface area contributed by atoms with Crippen LogP contribution in [0.1, 0.15) is 20.7 Å². The van der Waals surface area contributed by atoms with Crippen LogP contribution in [0.25, 0.3) is 0 Å². The van der Waals surface area contributed by atoms with Crippen molar-refractivity contribution in [2.45, 2.75) is 0 Å². The van der Waals surface area contributed by atoms with Crippen LogP contribution in [0.4, 0.5) is 5.69 Å². The van der Waals surface area contributed by atoms with E-state index in [2.05, 4.69) is 32.6 Å². The highest BCUT2D eigenvalue weighted by Gasteiger charge is 2.09. The quantitative estimate of drug-likeness (QED) is 0.656. The van der Waals surface area contributed by atoms with Crippen LogP contribution in [-0.4, -0.2) is 19.0 Å². The average Bonchev–Trinajstić information content (AvgIpc) is 2.47. The van der Waals surface area contributed by atoms with Crippen molar-refractivity contribution in [1.82, 2.24) is 0 Å². The highest BCUT2D eigenvalue weighted by molar-refractivity contribution is 14.1. The zero-order chi connectivity index (χ0) is 14.5. The molecule has 0 fully saturated rings. The number of hydrogen-bond acceptors (Lipinski definition) is 3.